The molecule has 2 heterocycles. The maximum absolute atomic E-state index is 14.5. The van der Waals surface area contributed by atoms with Crippen LogP contribution in [0.1, 0.15) is 36.4 Å². The van der Waals surface area contributed by atoms with Gasteiger partial charge in [-0.2, -0.15) is 12.6 Å². The highest BCUT2D eigenvalue weighted by molar-refractivity contribution is 7.81. The van der Waals surface area contributed by atoms with E-state index in [1.165, 1.54) is 17.6 Å². The molecule has 0 N–H and O–H groups in total. The summed E-state index contributed by atoms with van der Waals surface area (Å²) in [5.41, 5.74) is 2.71. The van der Waals surface area contributed by atoms with Crippen molar-refractivity contribution in [2.24, 2.45) is 5.92 Å². The topological polar surface area (TPSA) is 33.2 Å². The Morgan fingerprint density at radius 3 is 2.85 bits per heavy atom. The van der Waals surface area contributed by atoms with E-state index >= 15 is 0 Å². The summed E-state index contributed by atoms with van der Waals surface area (Å²) in [5.74, 6) is -0.0573. The van der Waals surface area contributed by atoms with Crippen LogP contribution in [0.3, 0.4) is 0 Å². The summed E-state index contributed by atoms with van der Waals surface area (Å²) in [5, 5.41) is 2.15. The summed E-state index contributed by atoms with van der Waals surface area (Å²) in [6, 6.07) is 6.17. The summed E-state index contributed by atoms with van der Waals surface area (Å²) in [4.78, 5) is 15.1. The molecule has 1 aliphatic carbocycles. The number of Topliss-reactive ketones (excluding diaryl/α,β-unsaturated/α-hetero) is 1. The first-order valence-corrected chi connectivity index (χ1v) is 10.3. The molecule has 2 fully saturated rings. The van der Waals surface area contributed by atoms with Crippen molar-refractivity contribution >= 4 is 36.0 Å². The second kappa shape index (κ2) is 7.62. The van der Waals surface area contributed by atoms with Gasteiger partial charge in [0.15, 0.2) is 5.78 Å². The van der Waals surface area contributed by atoms with Gasteiger partial charge in [-0.25, -0.2) is 8.76 Å². The van der Waals surface area contributed by atoms with E-state index < -0.39 is 6.04 Å². The number of rotatable bonds is 5. The average Bonchev–Trinajstić information content (AvgIpc) is 3.37. The SMILES string of the molecule is O=C(C1CC1)C(c1ccccc1F)N1CCC(S)/C(=C/c2cnsc2)C1. The standard InChI is InChI=1S/C20H21FN2OS2/c21-17-4-2-1-3-16(17)19(20(24)14-5-6-14)23-8-7-18(25)15(11-23)9-13-10-22-26-12-13/h1-4,9-10,12,14,18-19,25H,5-8,11H2/b15-9+. The van der Waals surface area contributed by atoms with Crippen LogP contribution in [0.2, 0.25) is 0 Å². The van der Waals surface area contributed by atoms with Crippen LogP contribution in [0.25, 0.3) is 6.08 Å². The maximum atomic E-state index is 14.5. The molecule has 1 aromatic carbocycles. The van der Waals surface area contributed by atoms with Gasteiger partial charge in [-0.3, -0.25) is 9.69 Å². The van der Waals surface area contributed by atoms with Crippen LogP contribution in [-0.2, 0) is 4.79 Å². The zero-order valence-corrected chi connectivity index (χ0v) is 16.1. The lowest BCUT2D eigenvalue weighted by Gasteiger charge is -2.37. The minimum atomic E-state index is -0.506. The highest BCUT2D eigenvalue weighted by Gasteiger charge is 2.40. The van der Waals surface area contributed by atoms with E-state index in [2.05, 4.69) is 15.3 Å². The number of nitrogens with zero attached hydrogens (tertiary/aromatic N) is 2. The van der Waals surface area contributed by atoms with E-state index in [-0.39, 0.29) is 22.8 Å². The van der Waals surface area contributed by atoms with Crippen molar-refractivity contribution in [3.63, 3.8) is 0 Å². The number of thiol groups is 1. The molecule has 136 valence electrons. The van der Waals surface area contributed by atoms with E-state index in [1.807, 2.05) is 17.6 Å². The second-order valence-corrected chi connectivity index (χ2v) is 8.33. The Morgan fingerprint density at radius 1 is 1.35 bits per heavy atom. The Kier molecular flexibility index (Phi) is 5.25. The molecule has 3 nitrogen and oxygen atoms in total. The van der Waals surface area contributed by atoms with Crippen molar-refractivity contribution < 1.29 is 9.18 Å². The highest BCUT2D eigenvalue weighted by atomic mass is 32.1. The first-order chi connectivity index (χ1) is 12.6. The molecule has 26 heavy (non-hydrogen) atoms. The lowest BCUT2D eigenvalue weighted by atomic mass is 9.93. The molecule has 6 heteroatoms. The van der Waals surface area contributed by atoms with E-state index in [0.29, 0.717) is 12.1 Å². The van der Waals surface area contributed by atoms with E-state index in [4.69, 9.17) is 12.6 Å². The molecule has 1 aliphatic heterocycles. The number of likely N-dealkylation sites (tertiary alicyclic amines) is 1. The van der Waals surface area contributed by atoms with Crippen LogP contribution >= 0.6 is 24.2 Å². The molecule has 2 atom stereocenters. The summed E-state index contributed by atoms with van der Waals surface area (Å²) >= 11 is 6.13. The first kappa shape index (κ1) is 17.9. The van der Waals surface area contributed by atoms with Crippen molar-refractivity contribution in [1.82, 2.24) is 9.27 Å². The molecule has 0 bridgehead atoms. The monoisotopic (exact) mass is 388 g/mol. The third-order valence-corrected chi connectivity index (χ3v) is 6.32. The zero-order valence-electron chi connectivity index (χ0n) is 14.3. The van der Waals surface area contributed by atoms with Crippen molar-refractivity contribution in [2.75, 3.05) is 13.1 Å². The quantitative estimate of drug-likeness (QED) is 0.771. The molecule has 1 saturated carbocycles. The van der Waals surface area contributed by atoms with Crippen LogP contribution in [0.5, 0.6) is 0 Å². The Balaban J connectivity index is 1.65. The van der Waals surface area contributed by atoms with Gasteiger partial charge in [-0.05, 0) is 42.4 Å². The highest BCUT2D eigenvalue weighted by Crippen LogP contribution is 2.39. The predicted molar refractivity (Wildman–Crippen MR) is 106 cm³/mol. The number of halogens is 1. The maximum Gasteiger partial charge on any atom is 0.157 e. The van der Waals surface area contributed by atoms with Crippen LogP contribution in [0, 0.1) is 11.7 Å². The lowest BCUT2D eigenvalue weighted by Crippen LogP contribution is -2.42. The minimum absolute atomic E-state index is 0.0850. The summed E-state index contributed by atoms with van der Waals surface area (Å²) in [6.07, 6.45) is 6.63. The largest absolute Gasteiger partial charge is 0.297 e. The molecule has 4 rings (SSSR count). The van der Waals surface area contributed by atoms with Crippen molar-refractivity contribution in [3.8, 4) is 0 Å². The number of piperidine rings is 1. The van der Waals surface area contributed by atoms with Crippen LogP contribution in [0.4, 0.5) is 4.39 Å². The Bertz CT molecular complexity index is 817. The normalized spacial score (nSPS) is 23.9. The number of hydrogen-bond donors (Lipinski definition) is 1. The fraction of sp³-hybridized carbons (Fsp3) is 0.400. The molecule has 2 aliphatic rings. The molecular weight excluding hydrogens is 367 g/mol. The molecular formula is C20H21FN2OS2. The lowest BCUT2D eigenvalue weighted by molar-refractivity contribution is -0.126. The molecule has 2 unspecified atom stereocenters. The minimum Gasteiger partial charge on any atom is -0.297 e. The van der Waals surface area contributed by atoms with Gasteiger partial charge < -0.3 is 0 Å². The fourth-order valence-electron chi connectivity index (χ4n) is 3.57. The smallest absolute Gasteiger partial charge is 0.157 e. The third kappa shape index (κ3) is 3.77. The number of carbonyl (C=O) groups is 1. The van der Waals surface area contributed by atoms with E-state index in [1.54, 1.807) is 12.1 Å². The van der Waals surface area contributed by atoms with Gasteiger partial charge in [-0.15, -0.1) is 0 Å². The van der Waals surface area contributed by atoms with Gasteiger partial charge in [0.05, 0.1) is 6.04 Å². The first-order valence-electron chi connectivity index (χ1n) is 8.93. The summed E-state index contributed by atoms with van der Waals surface area (Å²) in [6.45, 7) is 1.37. The van der Waals surface area contributed by atoms with Gasteiger partial charge in [-0.1, -0.05) is 24.3 Å². The van der Waals surface area contributed by atoms with Gasteiger partial charge in [0.25, 0.3) is 0 Å². The van der Waals surface area contributed by atoms with Gasteiger partial charge in [0.1, 0.15) is 5.82 Å². The van der Waals surface area contributed by atoms with Gasteiger partial charge in [0.2, 0.25) is 0 Å². The zero-order chi connectivity index (χ0) is 18.1. The molecule has 2 aromatic rings. The van der Waals surface area contributed by atoms with Crippen molar-refractivity contribution in [1.29, 1.82) is 0 Å². The Morgan fingerprint density at radius 2 is 2.15 bits per heavy atom. The molecule has 1 aromatic heterocycles. The fourth-order valence-corrected chi connectivity index (χ4v) is 4.34. The number of hydrogen-bond acceptors (Lipinski definition) is 5. The Hall–Kier alpha value is -1.50. The van der Waals surface area contributed by atoms with Crippen molar-refractivity contribution in [2.45, 2.75) is 30.6 Å². The van der Waals surface area contributed by atoms with Crippen LogP contribution in [-0.4, -0.2) is 33.4 Å². The van der Waals surface area contributed by atoms with E-state index in [9.17, 15) is 9.18 Å². The predicted octanol–water partition coefficient (Wildman–Crippen LogP) is 4.39. The van der Waals surface area contributed by atoms with Crippen LogP contribution in [0.15, 0.2) is 41.4 Å². The number of aromatic nitrogens is 1. The average molecular weight is 389 g/mol. The summed E-state index contributed by atoms with van der Waals surface area (Å²) < 4.78 is 18.6. The molecule has 1 saturated heterocycles. The number of ketones is 1. The summed E-state index contributed by atoms with van der Waals surface area (Å²) in [7, 11) is 0. The van der Waals surface area contributed by atoms with Crippen molar-refractivity contribution in [3.05, 3.63) is 58.4 Å². The number of carbonyl (C=O) groups excluding carboxylic acids is 1. The molecule has 0 radical (unpaired) electrons. The van der Waals surface area contributed by atoms with E-state index in [0.717, 1.165) is 36.9 Å². The molecule has 0 amide bonds. The molecule has 0 spiro atoms. The van der Waals surface area contributed by atoms with Crippen LogP contribution < -0.4 is 0 Å². The second-order valence-electron chi connectivity index (χ2n) is 7.05. The van der Waals surface area contributed by atoms with Gasteiger partial charge in [0, 0.05) is 47.0 Å². The third-order valence-electron chi connectivity index (χ3n) is 5.12. The Labute approximate surface area is 162 Å². The number of benzene rings is 1. The van der Waals surface area contributed by atoms with Gasteiger partial charge >= 0.3 is 0 Å².